The van der Waals surface area contributed by atoms with E-state index in [4.69, 9.17) is 26.2 Å². The highest BCUT2D eigenvalue weighted by atomic mass is 35.5. The van der Waals surface area contributed by atoms with Crippen LogP contribution < -0.4 is 14.8 Å². The van der Waals surface area contributed by atoms with Crippen LogP contribution in [0.25, 0.3) is 0 Å². The summed E-state index contributed by atoms with van der Waals surface area (Å²) in [5.41, 5.74) is 2.83. The monoisotopic (exact) mass is 349 g/mol. The van der Waals surface area contributed by atoms with Gasteiger partial charge in [0.2, 0.25) is 0 Å². The smallest absolute Gasteiger partial charge is 0.335 e. The molecule has 24 heavy (non-hydrogen) atoms. The lowest BCUT2D eigenvalue weighted by atomic mass is 10.1. The molecule has 0 saturated carbocycles. The number of aromatic carboxylic acids is 1. The van der Waals surface area contributed by atoms with E-state index in [1.807, 2.05) is 19.9 Å². The molecule has 0 atom stereocenters. The van der Waals surface area contributed by atoms with Gasteiger partial charge in [0, 0.05) is 23.3 Å². The van der Waals surface area contributed by atoms with E-state index >= 15 is 0 Å². The number of rotatable bonds is 7. The zero-order chi connectivity index (χ0) is 17.7. The molecular weight excluding hydrogens is 330 g/mol. The summed E-state index contributed by atoms with van der Waals surface area (Å²) in [6.45, 7) is 4.77. The minimum Gasteiger partial charge on any atom is -0.493 e. The standard InChI is InChI=1S/C18H20ClNO4/c1-4-24-17-8-13(14(19)9-16(17)23-3)10-20-15-6-5-12(18(21)22)7-11(15)2/h5-9,20H,4,10H2,1-3H3,(H,21,22). The van der Waals surface area contributed by atoms with Crippen LogP contribution in [0.5, 0.6) is 11.5 Å². The van der Waals surface area contributed by atoms with Crippen LogP contribution in [0.15, 0.2) is 30.3 Å². The fourth-order valence-corrected chi connectivity index (χ4v) is 2.55. The molecule has 6 heteroatoms. The molecule has 0 aliphatic carbocycles. The molecule has 0 aliphatic heterocycles. The highest BCUT2D eigenvalue weighted by Gasteiger charge is 2.11. The van der Waals surface area contributed by atoms with E-state index in [0.717, 1.165) is 16.8 Å². The van der Waals surface area contributed by atoms with Crippen molar-refractivity contribution in [1.29, 1.82) is 0 Å². The summed E-state index contributed by atoms with van der Waals surface area (Å²) in [4.78, 5) is 11.0. The molecule has 5 nitrogen and oxygen atoms in total. The van der Waals surface area contributed by atoms with E-state index in [9.17, 15) is 4.79 Å². The van der Waals surface area contributed by atoms with Gasteiger partial charge in [-0.3, -0.25) is 0 Å². The number of benzene rings is 2. The number of hydrogen-bond donors (Lipinski definition) is 2. The van der Waals surface area contributed by atoms with Crippen molar-refractivity contribution in [1.82, 2.24) is 0 Å². The van der Waals surface area contributed by atoms with E-state index in [-0.39, 0.29) is 5.56 Å². The van der Waals surface area contributed by atoms with Crippen LogP contribution in [-0.2, 0) is 6.54 Å². The van der Waals surface area contributed by atoms with Crippen molar-refractivity contribution >= 4 is 23.3 Å². The molecule has 2 aromatic carbocycles. The third-order valence-corrected chi connectivity index (χ3v) is 3.93. The van der Waals surface area contributed by atoms with Crippen LogP contribution in [0.2, 0.25) is 5.02 Å². The summed E-state index contributed by atoms with van der Waals surface area (Å²) in [5, 5.41) is 12.9. The number of ether oxygens (including phenoxy) is 2. The number of methoxy groups -OCH3 is 1. The summed E-state index contributed by atoms with van der Waals surface area (Å²) in [7, 11) is 1.57. The Morgan fingerprint density at radius 2 is 2.00 bits per heavy atom. The summed E-state index contributed by atoms with van der Waals surface area (Å²) in [5.74, 6) is 0.288. The first-order valence-corrected chi connectivity index (χ1v) is 7.91. The van der Waals surface area contributed by atoms with Gasteiger partial charge in [0.25, 0.3) is 0 Å². The maximum absolute atomic E-state index is 11.0. The SMILES string of the molecule is CCOc1cc(CNc2ccc(C(=O)O)cc2C)c(Cl)cc1OC. The predicted octanol–water partition coefficient (Wildman–Crippen LogP) is 4.37. The molecule has 2 aromatic rings. The first kappa shape index (κ1) is 17.9. The number of carboxylic acids is 1. The van der Waals surface area contributed by atoms with Gasteiger partial charge in [-0.2, -0.15) is 0 Å². The van der Waals surface area contributed by atoms with Crippen molar-refractivity contribution in [3.63, 3.8) is 0 Å². The lowest BCUT2D eigenvalue weighted by Gasteiger charge is -2.15. The Labute approximate surface area is 146 Å². The van der Waals surface area contributed by atoms with Gasteiger partial charge < -0.3 is 19.9 Å². The fraction of sp³-hybridized carbons (Fsp3) is 0.278. The van der Waals surface area contributed by atoms with E-state index in [1.54, 1.807) is 31.4 Å². The molecule has 2 N–H and O–H groups in total. The topological polar surface area (TPSA) is 67.8 Å². The average Bonchev–Trinajstić information content (AvgIpc) is 2.55. The molecule has 0 aliphatic rings. The molecule has 128 valence electrons. The van der Waals surface area contributed by atoms with Crippen molar-refractivity contribution in [3.8, 4) is 11.5 Å². The van der Waals surface area contributed by atoms with Crippen LogP contribution in [0.3, 0.4) is 0 Å². The molecule has 0 fully saturated rings. The van der Waals surface area contributed by atoms with Crippen LogP contribution in [0.4, 0.5) is 5.69 Å². The van der Waals surface area contributed by atoms with Crippen molar-refractivity contribution in [2.45, 2.75) is 20.4 Å². The van der Waals surface area contributed by atoms with E-state index in [1.165, 1.54) is 0 Å². The van der Waals surface area contributed by atoms with Crippen molar-refractivity contribution < 1.29 is 19.4 Å². The Hall–Kier alpha value is -2.40. The van der Waals surface area contributed by atoms with Crippen LogP contribution >= 0.6 is 11.6 Å². The third kappa shape index (κ3) is 4.11. The van der Waals surface area contributed by atoms with Gasteiger partial charge in [0.15, 0.2) is 11.5 Å². The quantitative estimate of drug-likeness (QED) is 0.777. The van der Waals surface area contributed by atoms with Crippen LogP contribution in [0.1, 0.15) is 28.4 Å². The Morgan fingerprint density at radius 1 is 1.25 bits per heavy atom. The Kier molecular flexibility index (Phi) is 5.93. The zero-order valence-electron chi connectivity index (χ0n) is 13.9. The highest BCUT2D eigenvalue weighted by molar-refractivity contribution is 6.31. The van der Waals surface area contributed by atoms with Gasteiger partial charge in [-0.25, -0.2) is 4.79 Å². The molecule has 0 bridgehead atoms. The second kappa shape index (κ2) is 7.93. The highest BCUT2D eigenvalue weighted by Crippen LogP contribution is 2.33. The number of hydrogen-bond acceptors (Lipinski definition) is 4. The molecule has 0 radical (unpaired) electrons. The van der Waals surface area contributed by atoms with Crippen molar-refractivity contribution in [3.05, 3.63) is 52.0 Å². The maximum Gasteiger partial charge on any atom is 0.335 e. The molecule has 0 amide bonds. The summed E-state index contributed by atoms with van der Waals surface area (Å²) in [6, 6.07) is 8.52. The van der Waals surface area contributed by atoms with E-state index in [0.29, 0.717) is 29.7 Å². The molecule has 0 heterocycles. The Morgan fingerprint density at radius 3 is 2.58 bits per heavy atom. The molecule has 2 rings (SSSR count). The average molecular weight is 350 g/mol. The number of carbonyl (C=O) groups is 1. The van der Waals surface area contributed by atoms with Gasteiger partial charge in [-0.05, 0) is 49.2 Å². The summed E-state index contributed by atoms with van der Waals surface area (Å²) >= 11 is 6.30. The molecule has 0 unspecified atom stereocenters. The van der Waals surface area contributed by atoms with Crippen molar-refractivity contribution in [2.75, 3.05) is 19.0 Å². The second-order valence-electron chi connectivity index (χ2n) is 5.22. The minimum absolute atomic E-state index is 0.263. The van der Waals surface area contributed by atoms with Gasteiger partial charge in [0.1, 0.15) is 0 Å². The summed E-state index contributed by atoms with van der Waals surface area (Å²) in [6.07, 6.45) is 0. The number of carboxylic acid groups (broad SMARTS) is 1. The normalized spacial score (nSPS) is 10.3. The number of anilines is 1. The van der Waals surface area contributed by atoms with Crippen LogP contribution in [-0.4, -0.2) is 24.8 Å². The molecule has 0 aromatic heterocycles. The lowest BCUT2D eigenvalue weighted by Crippen LogP contribution is -2.05. The summed E-state index contributed by atoms with van der Waals surface area (Å²) < 4.78 is 10.8. The van der Waals surface area contributed by atoms with Gasteiger partial charge in [-0.15, -0.1) is 0 Å². The van der Waals surface area contributed by atoms with Crippen molar-refractivity contribution in [2.24, 2.45) is 0 Å². The van der Waals surface area contributed by atoms with Gasteiger partial charge in [-0.1, -0.05) is 11.6 Å². The lowest BCUT2D eigenvalue weighted by molar-refractivity contribution is 0.0697. The Bertz CT molecular complexity index is 746. The molecular formula is C18H20ClNO4. The number of aryl methyl sites for hydroxylation is 1. The largest absolute Gasteiger partial charge is 0.493 e. The third-order valence-electron chi connectivity index (χ3n) is 3.58. The van der Waals surface area contributed by atoms with E-state index in [2.05, 4.69) is 5.32 Å². The first-order valence-electron chi connectivity index (χ1n) is 7.53. The number of nitrogens with one attached hydrogen (secondary N) is 1. The minimum atomic E-state index is -0.941. The Balaban J connectivity index is 2.20. The maximum atomic E-state index is 11.0. The zero-order valence-corrected chi connectivity index (χ0v) is 14.6. The fourth-order valence-electron chi connectivity index (χ4n) is 2.33. The van der Waals surface area contributed by atoms with E-state index < -0.39 is 5.97 Å². The van der Waals surface area contributed by atoms with Gasteiger partial charge in [0.05, 0.1) is 19.3 Å². The van der Waals surface area contributed by atoms with Gasteiger partial charge >= 0.3 is 5.97 Å². The predicted molar refractivity (Wildman–Crippen MR) is 94.6 cm³/mol. The van der Waals surface area contributed by atoms with Crippen LogP contribution in [0, 0.1) is 6.92 Å². The first-order chi connectivity index (χ1) is 11.5. The molecule has 0 saturated heterocycles. The molecule has 0 spiro atoms. The number of halogens is 1. The second-order valence-corrected chi connectivity index (χ2v) is 5.62.